The maximum absolute atomic E-state index is 13.1. The van der Waals surface area contributed by atoms with Crippen molar-refractivity contribution in [2.24, 2.45) is 5.92 Å². The minimum Gasteiger partial charge on any atom is -0.207 e. The van der Waals surface area contributed by atoms with Gasteiger partial charge in [0.15, 0.2) is 0 Å². The zero-order valence-electron chi connectivity index (χ0n) is 8.60. The summed E-state index contributed by atoms with van der Waals surface area (Å²) in [5, 5.41) is 0. The van der Waals surface area contributed by atoms with Crippen LogP contribution in [-0.2, 0) is 12.8 Å². The summed E-state index contributed by atoms with van der Waals surface area (Å²) in [5.74, 6) is 0.560. The fraction of sp³-hybridized carbons (Fsp3) is 0.500. The number of aryl methyl sites for hydroxylation is 1. The lowest BCUT2D eigenvalue weighted by molar-refractivity contribution is 0.606. The minimum atomic E-state index is -0.0741. The van der Waals surface area contributed by atoms with E-state index in [-0.39, 0.29) is 5.82 Å². The number of hydrogen-bond donors (Lipinski definition) is 0. The van der Waals surface area contributed by atoms with Crippen LogP contribution in [0.2, 0.25) is 0 Å². The van der Waals surface area contributed by atoms with E-state index in [2.05, 4.69) is 13.8 Å². The van der Waals surface area contributed by atoms with Gasteiger partial charge in [-0.3, -0.25) is 0 Å². The third kappa shape index (κ3) is 2.83. The second kappa shape index (κ2) is 4.40. The van der Waals surface area contributed by atoms with Crippen molar-refractivity contribution >= 4 is 0 Å². The van der Waals surface area contributed by atoms with Gasteiger partial charge in [0.2, 0.25) is 0 Å². The van der Waals surface area contributed by atoms with Crippen LogP contribution in [0, 0.1) is 11.7 Å². The van der Waals surface area contributed by atoms with Crippen LogP contribution in [0.25, 0.3) is 0 Å². The highest BCUT2D eigenvalue weighted by Crippen LogP contribution is 2.14. The predicted molar refractivity (Wildman–Crippen MR) is 54.3 cm³/mol. The van der Waals surface area contributed by atoms with Crippen molar-refractivity contribution in [3.05, 3.63) is 35.1 Å². The van der Waals surface area contributed by atoms with Gasteiger partial charge in [0.1, 0.15) is 5.82 Å². The van der Waals surface area contributed by atoms with Crippen molar-refractivity contribution in [2.45, 2.75) is 33.6 Å². The predicted octanol–water partition coefficient (Wildman–Crippen LogP) is 3.59. The molecule has 0 heterocycles. The van der Waals surface area contributed by atoms with Crippen molar-refractivity contribution in [2.75, 3.05) is 0 Å². The normalized spacial score (nSPS) is 10.8. The first-order valence-corrected chi connectivity index (χ1v) is 4.90. The molecular formula is C12H17F. The second-order valence-electron chi connectivity index (χ2n) is 3.88. The topological polar surface area (TPSA) is 0 Å². The van der Waals surface area contributed by atoms with E-state index in [0.717, 1.165) is 18.4 Å². The lowest BCUT2D eigenvalue weighted by Gasteiger charge is -2.07. The first kappa shape index (κ1) is 10.2. The summed E-state index contributed by atoms with van der Waals surface area (Å²) < 4.78 is 13.1. The molecule has 0 fully saturated rings. The molecule has 0 amide bonds. The van der Waals surface area contributed by atoms with Crippen LogP contribution in [-0.4, -0.2) is 0 Å². The molecule has 0 radical (unpaired) electrons. The molecule has 0 aromatic heterocycles. The highest BCUT2D eigenvalue weighted by molar-refractivity contribution is 5.25. The van der Waals surface area contributed by atoms with E-state index in [9.17, 15) is 4.39 Å². The van der Waals surface area contributed by atoms with Crippen LogP contribution in [0.15, 0.2) is 18.2 Å². The number of hydrogen-bond acceptors (Lipinski definition) is 0. The van der Waals surface area contributed by atoms with Gasteiger partial charge in [-0.2, -0.15) is 0 Å². The molecule has 0 saturated heterocycles. The lowest BCUT2D eigenvalue weighted by atomic mass is 10.00. The van der Waals surface area contributed by atoms with Crippen LogP contribution in [0.3, 0.4) is 0 Å². The Bertz CT molecular complexity index is 276. The molecule has 0 saturated carbocycles. The SMILES string of the molecule is CCc1cc(CC(C)C)ccc1F. The average Bonchev–Trinajstić information content (AvgIpc) is 2.07. The Morgan fingerprint density at radius 3 is 2.54 bits per heavy atom. The third-order valence-corrected chi connectivity index (χ3v) is 2.13. The smallest absolute Gasteiger partial charge is 0.126 e. The first-order chi connectivity index (χ1) is 6.13. The van der Waals surface area contributed by atoms with Gasteiger partial charge in [-0.25, -0.2) is 4.39 Å². The molecule has 1 aromatic rings. The maximum Gasteiger partial charge on any atom is 0.126 e. The minimum absolute atomic E-state index is 0.0741. The molecule has 0 aliphatic carbocycles. The molecule has 1 heteroatoms. The van der Waals surface area contributed by atoms with Crippen LogP contribution in [0.5, 0.6) is 0 Å². The number of halogens is 1. The van der Waals surface area contributed by atoms with Gasteiger partial charge in [-0.1, -0.05) is 32.9 Å². The summed E-state index contributed by atoms with van der Waals surface area (Å²) in [4.78, 5) is 0. The van der Waals surface area contributed by atoms with Crippen molar-refractivity contribution in [1.29, 1.82) is 0 Å². The molecule has 0 atom stereocenters. The van der Waals surface area contributed by atoms with Gasteiger partial charge < -0.3 is 0 Å². The largest absolute Gasteiger partial charge is 0.207 e. The summed E-state index contributed by atoms with van der Waals surface area (Å²) >= 11 is 0. The quantitative estimate of drug-likeness (QED) is 0.667. The molecule has 1 aromatic carbocycles. The van der Waals surface area contributed by atoms with Gasteiger partial charge in [0, 0.05) is 0 Å². The Kier molecular flexibility index (Phi) is 3.47. The molecule has 0 unspecified atom stereocenters. The zero-order valence-corrected chi connectivity index (χ0v) is 8.60. The zero-order chi connectivity index (χ0) is 9.84. The van der Waals surface area contributed by atoms with Crippen molar-refractivity contribution in [3.63, 3.8) is 0 Å². The highest BCUT2D eigenvalue weighted by atomic mass is 19.1. The van der Waals surface area contributed by atoms with Crippen molar-refractivity contribution in [1.82, 2.24) is 0 Å². The molecule has 1 rings (SSSR count). The summed E-state index contributed by atoms with van der Waals surface area (Å²) in [6.45, 7) is 6.33. The molecule has 72 valence electrons. The van der Waals surface area contributed by atoms with Gasteiger partial charge in [0.25, 0.3) is 0 Å². The average molecular weight is 180 g/mol. The summed E-state index contributed by atoms with van der Waals surface area (Å²) in [7, 11) is 0. The van der Waals surface area contributed by atoms with Gasteiger partial charge in [-0.05, 0) is 36.0 Å². The van der Waals surface area contributed by atoms with E-state index >= 15 is 0 Å². The number of benzene rings is 1. The molecule has 0 aliphatic rings. The summed E-state index contributed by atoms with van der Waals surface area (Å²) in [6.07, 6.45) is 1.81. The molecular weight excluding hydrogens is 163 g/mol. The van der Waals surface area contributed by atoms with E-state index in [0.29, 0.717) is 5.92 Å². The Morgan fingerprint density at radius 2 is 2.00 bits per heavy atom. The Morgan fingerprint density at radius 1 is 1.31 bits per heavy atom. The standard InChI is InChI=1S/C12H17F/c1-4-11-8-10(7-9(2)3)5-6-12(11)13/h5-6,8-9H,4,7H2,1-3H3. The highest BCUT2D eigenvalue weighted by Gasteiger charge is 2.02. The van der Waals surface area contributed by atoms with E-state index < -0.39 is 0 Å². The Hall–Kier alpha value is -0.850. The van der Waals surface area contributed by atoms with Crippen LogP contribution < -0.4 is 0 Å². The van der Waals surface area contributed by atoms with Crippen LogP contribution >= 0.6 is 0 Å². The second-order valence-corrected chi connectivity index (χ2v) is 3.88. The van der Waals surface area contributed by atoms with Crippen molar-refractivity contribution < 1.29 is 4.39 Å². The molecule has 0 bridgehead atoms. The fourth-order valence-electron chi connectivity index (χ4n) is 1.50. The van der Waals surface area contributed by atoms with E-state index in [1.54, 1.807) is 6.07 Å². The van der Waals surface area contributed by atoms with Gasteiger partial charge in [-0.15, -0.1) is 0 Å². The van der Waals surface area contributed by atoms with E-state index in [4.69, 9.17) is 0 Å². The van der Waals surface area contributed by atoms with Crippen molar-refractivity contribution in [3.8, 4) is 0 Å². The Balaban J connectivity index is 2.86. The summed E-state index contributed by atoms with van der Waals surface area (Å²) in [5.41, 5.74) is 2.08. The van der Waals surface area contributed by atoms with Gasteiger partial charge in [0.05, 0.1) is 0 Å². The first-order valence-electron chi connectivity index (χ1n) is 4.90. The Labute approximate surface area is 79.8 Å². The van der Waals surface area contributed by atoms with E-state index in [1.807, 2.05) is 19.1 Å². The molecule has 0 nitrogen and oxygen atoms in total. The van der Waals surface area contributed by atoms with E-state index in [1.165, 1.54) is 5.56 Å². The van der Waals surface area contributed by atoms with Crippen LogP contribution in [0.4, 0.5) is 4.39 Å². The maximum atomic E-state index is 13.1. The molecule has 13 heavy (non-hydrogen) atoms. The third-order valence-electron chi connectivity index (χ3n) is 2.13. The summed E-state index contributed by atoms with van der Waals surface area (Å²) in [6, 6.07) is 5.44. The molecule has 0 aliphatic heterocycles. The molecule has 0 N–H and O–H groups in total. The van der Waals surface area contributed by atoms with Crippen LogP contribution in [0.1, 0.15) is 31.9 Å². The lowest BCUT2D eigenvalue weighted by Crippen LogP contribution is -1.96. The fourth-order valence-corrected chi connectivity index (χ4v) is 1.50. The number of rotatable bonds is 3. The van der Waals surface area contributed by atoms with Gasteiger partial charge >= 0.3 is 0 Å². The monoisotopic (exact) mass is 180 g/mol. The molecule has 0 spiro atoms.